The molecule has 17 heavy (non-hydrogen) atoms. The van der Waals surface area contributed by atoms with Crippen LogP contribution in [0.2, 0.25) is 0 Å². The monoisotopic (exact) mass is 257 g/mol. The van der Waals surface area contributed by atoms with E-state index in [0.29, 0.717) is 5.13 Å². The quantitative estimate of drug-likeness (QED) is 0.736. The largest absolute Gasteiger partial charge is 0.389 e. The van der Waals surface area contributed by atoms with E-state index in [1.54, 1.807) is 19.2 Å². The second-order valence-electron chi connectivity index (χ2n) is 4.21. The van der Waals surface area contributed by atoms with Gasteiger partial charge in [-0.2, -0.15) is 0 Å². The Labute approximate surface area is 103 Å². The fourth-order valence-electron chi connectivity index (χ4n) is 0.973. The van der Waals surface area contributed by atoms with E-state index in [9.17, 15) is 14.7 Å². The van der Waals surface area contributed by atoms with Crippen LogP contribution in [0.15, 0.2) is 5.38 Å². The highest BCUT2D eigenvalue weighted by molar-refractivity contribution is 7.14. The van der Waals surface area contributed by atoms with Crippen molar-refractivity contribution < 1.29 is 14.7 Å². The number of thiazole rings is 1. The normalized spacial score (nSPS) is 11.1. The topological polar surface area (TPSA) is 91.3 Å². The van der Waals surface area contributed by atoms with E-state index in [2.05, 4.69) is 15.6 Å². The molecule has 1 aromatic rings. The number of carbonyl (C=O) groups is 2. The van der Waals surface area contributed by atoms with E-state index in [4.69, 9.17) is 0 Å². The van der Waals surface area contributed by atoms with Gasteiger partial charge in [-0.15, -0.1) is 11.3 Å². The van der Waals surface area contributed by atoms with Crippen LogP contribution in [-0.2, 0) is 4.79 Å². The van der Waals surface area contributed by atoms with Crippen LogP contribution in [0.4, 0.5) is 5.13 Å². The van der Waals surface area contributed by atoms with Gasteiger partial charge in [0, 0.05) is 18.8 Å². The van der Waals surface area contributed by atoms with Gasteiger partial charge in [0.1, 0.15) is 5.69 Å². The lowest BCUT2D eigenvalue weighted by Crippen LogP contribution is -2.38. The van der Waals surface area contributed by atoms with Crippen LogP contribution in [0, 0.1) is 0 Å². The molecule has 0 aliphatic rings. The van der Waals surface area contributed by atoms with Crippen LogP contribution in [0.1, 0.15) is 31.3 Å². The predicted octanol–water partition coefficient (Wildman–Crippen LogP) is 0.602. The summed E-state index contributed by atoms with van der Waals surface area (Å²) in [4.78, 5) is 26.3. The zero-order valence-corrected chi connectivity index (χ0v) is 10.7. The number of anilines is 1. The van der Waals surface area contributed by atoms with Crippen LogP contribution in [0.5, 0.6) is 0 Å². The maximum Gasteiger partial charge on any atom is 0.270 e. The summed E-state index contributed by atoms with van der Waals surface area (Å²) in [6.45, 7) is 4.70. The van der Waals surface area contributed by atoms with Gasteiger partial charge in [0.25, 0.3) is 5.91 Å². The van der Waals surface area contributed by atoms with Crippen LogP contribution >= 0.6 is 11.3 Å². The molecule has 7 heteroatoms. The standard InChI is InChI=1S/C10H15N3O3S/c1-6(14)12-9-13-7(4-17-9)8(15)11-5-10(2,3)16/h4,16H,5H2,1-3H3,(H,11,15)(H,12,13,14). The zero-order chi connectivity index (χ0) is 13.1. The number of aliphatic hydroxyl groups is 1. The molecular weight excluding hydrogens is 242 g/mol. The summed E-state index contributed by atoms with van der Waals surface area (Å²) < 4.78 is 0. The molecule has 0 aromatic carbocycles. The fraction of sp³-hybridized carbons (Fsp3) is 0.500. The van der Waals surface area contributed by atoms with Gasteiger partial charge in [-0.1, -0.05) is 0 Å². The van der Waals surface area contributed by atoms with E-state index in [0.717, 1.165) is 0 Å². The molecule has 0 aliphatic carbocycles. The molecule has 94 valence electrons. The van der Waals surface area contributed by atoms with Crippen LogP contribution in [0.25, 0.3) is 0 Å². The number of nitrogens with zero attached hydrogens (tertiary/aromatic N) is 1. The van der Waals surface area contributed by atoms with Crippen molar-refractivity contribution in [1.29, 1.82) is 0 Å². The molecule has 0 atom stereocenters. The summed E-state index contributed by atoms with van der Waals surface area (Å²) in [5.41, 5.74) is -0.741. The van der Waals surface area contributed by atoms with Crippen molar-refractivity contribution in [2.75, 3.05) is 11.9 Å². The third kappa shape index (κ3) is 4.92. The number of aromatic nitrogens is 1. The average molecular weight is 257 g/mol. The molecule has 0 saturated heterocycles. The number of hydrogen-bond acceptors (Lipinski definition) is 5. The Hall–Kier alpha value is -1.47. The van der Waals surface area contributed by atoms with Gasteiger partial charge in [-0.05, 0) is 13.8 Å². The Balaban J connectivity index is 2.58. The molecule has 3 N–H and O–H groups in total. The molecule has 1 aromatic heterocycles. The predicted molar refractivity (Wildman–Crippen MR) is 65.0 cm³/mol. The molecule has 2 amide bonds. The highest BCUT2D eigenvalue weighted by atomic mass is 32.1. The minimum absolute atomic E-state index is 0.138. The summed E-state index contributed by atoms with van der Waals surface area (Å²) in [6, 6.07) is 0. The summed E-state index contributed by atoms with van der Waals surface area (Å²) in [5.74, 6) is -0.609. The molecule has 0 saturated carbocycles. The first-order valence-electron chi connectivity index (χ1n) is 5.01. The van der Waals surface area contributed by atoms with E-state index < -0.39 is 5.60 Å². The maximum atomic E-state index is 11.6. The lowest BCUT2D eigenvalue weighted by atomic mass is 10.1. The van der Waals surface area contributed by atoms with Gasteiger partial charge in [0.05, 0.1) is 5.60 Å². The van der Waals surface area contributed by atoms with Crippen LogP contribution < -0.4 is 10.6 Å². The van der Waals surface area contributed by atoms with Gasteiger partial charge in [0.2, 0.25) is 5.91 Å². The van der Waals surface area contributed by atoms with Gasteiger partial charge < -0.3 is 15.7 Å². The Morgan fingerprint density at radius 2 is 2.18 bits per heavy atom. The molecule has 0 fully saturated rings. The SMILES string of the molecule is CC(=O)Nc1nc(C(=O)NCC(C)(C)O)cs1. The highest BCUT2D eigenvalue weighted by Crippen LogP contribution is 2.15. The van der Waals surface area contributed by atoms with Crippen molar-refractivity contribution in [1.82, 2.24) is 10.3 Å². The minimum atomic E-state index is -0.966. The van der Waals surface area contributed by atoms with Crippen molar-refractivity contribution in [2.24, 2.45) is 0 Å². The summed E-state index contributed by atoms with van der Waals surface area (Å²) in [5, 5.41) is 16.4. The number of carbonyl (C=O) groups excluding carboxylic acids is 2. The van der Waals surface area contributed by atoms with Crippen LogP contribution in [-0.4, -0.2) is 34.1 Å². The third-order valence-corrected chi connectivity index (χ3v) is 2.46. The van der Waals surface area contributed by atoms with Crippen molar-refractivity contribution in [3.8, 4) is 0 Å². The molecular formula is C10H15N3O3S. The lowest BCUT2D eigenvalue weighted by molar-refractivity contribution is -0.114. The Kier molecular flexibility index (Phi) is 4.19. The smallest absolute Gasteiger partial charge is 0.270 e. The average Bonchev–Trinajstić information content (AvgIpc) is 2.60. The second-order valence-corrected chi connectivity index (χ2v) is 5.07. The first kappa shape index (κ1) is 13.6. The number of nitrogens with one attached hydrogen (secondary N) is 2. The van der Waals surface area contributed by atoms with Gasteiger partial charge in [-0.3, -0.25) is 9.59 Å². The summed E-state index contributed by atoms with van der Waals surface area (Å²) in [6.07, 6.45) is 0. The number of amides is 2. The summed E-state index contributed by atoms with van der Waals surface area (Å²) >= 11 is 1.17. The van der Waals surface area contributed by atoms with E-state index >= 15 is 0 Å². The first-order valence-corrected chi connectivity index (χ1v) is 5.89. The van der Waals surface area contributed by atoms with Gasteiger partial charge in [-0.25, -0.2) is 4.98 Å². The van der Waals surface area contributed by atoms with Crippen molar-refractivity contribution in [3.05, 3.63) is 11.1 Å². The second kappa shape index (κ2) is 5.24. The Morgan fingerprint density at radius 1 is 1.53 bits per heavy atom. The van der Waals surface area contributed by atoms with Crippen molar-refractivity contribution in [2.45, 2.75) is 26.4 Å². The molecule has 0 radical (unpaired) electrons. The highest BCUT2D eigenvalue weighted by Gasteiger charge is 2.16. The van der Waals surface area contributed by atoms with E-state index in [1.807, 2.05) is 0 Å². The molecule has 0 bridgehead atoms. The fourth-order valence-corrected chi connectivity index (χ4v) is 1.71. The molecule has 1 rings (SSSR count). The molecule has 1 heterocycles. The molecule has 0 aliphatic heterocycles. The Morgan fingerprint density at radius 3 is 2.71 bits per heavy atom. The molecule has 0 unspecified atom stereocenters. The van der Waals surface area contributed by atoms with E-state index in [1.165, 1.54) is 18.3 Å². The lowest BCUT2D eigenvalue weighted by Gasteiger charge is -2.16. The number of rotatable bonds is 4. The summed E-state index contributed by atoms with van der Waals surface area (Å²) in [7, 11) is 0. The Bertz CT molecular complexity index is 423. The van der Waals surface area contributed by atoms with Crippen molar-refractivity contribution in [3.63, 3.8) is 0 Å². The molecule has 0 spiro atoms. The first-order chi connectivity index (χ1) is 7.78. The molecule has 6 nitrogen and oxygen atoms in total. The van der Waals surface area contributed by atoms with Crippen LogP contribution in [0.3, 0.4) is 0 Å². The van der Waals surface area contributed by atoms with Gasteiger partial charge in [0.15, 0.2) is 5.13 Å². The van der Waals surface area contributed by atoms with E-state index in [-0.39, 0.29) is 24.1 Å². The minimum Gasteiger partial charge on any atom is -0.389 e. The zero-order valence-electron chi connectivity index (χ0n) is 9.90. The maximum absolute atomic E-state index is 11.6. The number of hydrogen-bond donors (Lipinski definition) is 3. The van der Waals surface area contributed by atoms with Crippen molar-refractivity contribution >= 4 is 28.3 Å². The van der Waals surface area contributed by atoms with Gasteiger partial charge >= 0.3 is 0 Å². The third-order valence-electron chi connectivity index (χ3n) is 1.70.